The van der Waals surface area contributed by atoms with Crippen molar-refractivity contribution in [2.75, 3.05) is 19.8 Å². The van der Waals surface area contributed by atoms with E-state index in [0.29, 0.717) is 11.1 Å². The molecule has 0 aliphatic carbocycles. The van der Waals surface area contributed by atoms with Gasteiger partial charge < -0.3 is 18.9 Å². The molecule has 4 nitrogen and oxygen atoms in total. The molecular formula is C21H23F5O4. The summed E-state index contributed by atoms with van der Waals surface area (Å²) in [7, 11) is 0. The Morgan fingerprint density at radius 3 is 2.00 bits per heavy atom. The van der Waals surface area contributed by atoms with Gasteiger partial charge in [-0.3, -0.25) is 0 Å². The summed E-state index contributed by atoms with van der Waals surface area (Å²) >= 11 is 0. The van der Waals surface area contributed by atoms with Crippen molar-refractivity contribution in [2.24, 2.45) is 5.92 Å². The van der Waals surface area contributed by atoms with Gasteiger partial charge in [0.1, 0.15) is 5.75 Å². The van der Waals surface area contributed by atoms with Gasteiger partial charge in [0, 0.05) is 11.5 Å². The second kappa shape index (κ2) is 10.6. The van der Waals surface area contributed by atoms with Gasteiger partial charge in [-0.05, 0) is 36.8 Å². The minimum Gasteiger partial charge on any atom is -0.487 e. The molecule has 9 heteroatoms. The number of hydrogen-bond acceptors (Lipinski definition) is 4. The molecule has 1 fully saturated rings. The third-order valence-corrected chi connectivity index (χ3v) is 3.96. The maximum absolute atomic E-state index is 13.8. The van der Waals surface area contributed by atoms with Crippen LogP contribution in [-0.2, 0) is 9.47 Å². The maximum Gasteiger partial charge on any atom is 0.573 e. The second-order valence-corrected chi connectivity index (χ2v) is 6.35. The van der Waals surface area contributed by atoms with E-state index in [1.165, 1.54) is 24.3 Å². The Hall–Kier alpha value is -2.39. The quantitative estimate of drug-likeness (QED) is 0.546. The summed E-state index contributed by atoms with van der Waals surface area (Å²) < 4.78 is 84.2. The number of ether oxygens (including phenoxy) is 4. The van der Waals surface area contributed by atoms with Gasteiger partial charge in [-0.25, -0.2) is 8.78 Å². The molecular weight excluding hydrogens is 411 g/mol. The Morgan fingerprint density at radius 2 is 1.50 bits per heavy atom. The van der Waals surface area contributed by atoms with Crippen LogP contribution in [-0.4, -0.2) is 26.2 Å². The van der Waals surface area contributed by atoms with Crippen molar-refractivity contribution in [1.82, 2.24) is 0 Å². The summed E-state index contributed by atoms with van der Waals surface area (Å²) in [4.78, 5) is 0. The second-order valence-electron chi connectivity index (χ2n) is 6.35. The minimum absolute atomic E-state index is 0.0119. The molecule has 2 aromatic rings. The normalized spacial score (nSPS) is 18.9. The fourth-order valence-electron chi connectivity index (χ4n) is 2.68. The third kappa shape index (κ3) is 6.84. The first-order valence-corrected chi connectivity index (χ1v) is 9.38. The van der Waals surface area contributed by atoms with E-state index in [0.717, 1.165) is 12.1 Å². The van der Waals surface area contributed by atoms with Gasteiger partial charge in [0.2, 0.25) is 0 Å². The highest BCUT2D eigenvalue weighted by molar-refractivity contribution is 5.30. The zero-order valence-electron chi connectivity index (χ0n) is 16.8. The van der Waals surface area contributed by atoms with Crippen molar-refractivity contribution in [3.8, 4) is 11.5 Å². The smallest absolute Gasteiger partial charge is 0.487 e. The SMILES string of the molecule is CC.Cc1cc(F)c(OCC2COC(c3ccc(OC(F)(F)F)cc3)OC2)c(F)c1. The third-order valence-electron chi connectivity index (χ3n) is 3.96. The lowest BCUT2D eigenvalue weighted by Crippen LogP contribution is -2.31. The maximum atomic E-state index is 13.8. The van der Waals surface area contributed by atoms with Gasteiger partial charge in [-0.1, -0.05) is 26.0 Å². The van der Waals surface area contributed by atoms with E-state index >= 15 is 0 Å². The van der Waals surface area contributed by atoms with Crippen LogP contribution in [0.1, 0.15) is 31.3 Å². The molecule has 0 N–H and O–H groups in total. The first-order chi connectivity index (χ1) is 14.2. The molecule has 0 saturated carbocycles. The van der Waals surface area contributed by atoms with Crippen LogP contribution in [0.5, 0.6) is 11.5 Å². The molecule has 1 heterocycles. The van der Waals surface area contributed by atoms with Crippen LogP contribution in [0.3, 0.4) is 0 Å². The Bertz CT molecular complexity index is 777. The predicted octanol–water partition coefficient (Wildman–Crippen LogP) is 5.94. The van der Waals surface area contributed by atoms with E-state index in [2.05, 4.69) is 4.74 Å². The molecule has 0 unspecified atom stereocenters. The van der Waals surface area contributed by atoms with Crippen LogP contribution < -0.4 is 9.47 Å². The molecule has 0 aromatic heterocycles. The summed E-state index contributed by atoms with van der Waals surface area (Å²) in [5.41, 5.74) is 0.964. The molecule has 2 aromatic carbocycles. The Balaban J connectivity index is 0.00000155. The first kappa shape index (κ1) is 23.9. The molecule has 0 bridgehead atoms. The Labute approximate surface area is 171 Å². The van der Waals surface area contributed by atoms with Crippen LogP contribution in [0.2, 0.25) is 0 Å². The average molecular weight is 434 g/mol. The van der Waals surface area contributed by atoms with E-state index in [1.54, 1.807) is 6.92 Å². The van der Waals surface area contributed by atoms with E-state index < -0.39 is 30.0 Å². The van der Waals surface area contributed by atoms with Crippen molar-refractivity contribution in [2.45, 2.75) is 33.4 Å². The predicted molar refractivity (Wildman–Crippen MR) is 99.2 cm³/mol. The lowest BCUT2D eigenvalue weighted by Gasteiger charge is -2.29. The van der Waals surface area contributed by atoms with Gasteiger partial charge in [-0.15, -0.1) is 13.2 Å². The summed E-state index contributed by atoms with van der Waals surface area (Å²) in [6.45, 7) is 5.95. The van der Waals surface area contributed by atoms with Gasteiger partial charge in [0.15, 0.2) is 23.7 Å². The van der Waals surface area contributed by atoms with Crippen molar-refractivity contribution in [3.63, 3.8) is 0 Å². The lowest BCUT2D eigenvalue weighted by atomic mass is 10.1. The van der Waals surface area contributed by atoms with Gasteiger partial charge in [-0.2, -0.15) is 0 Å². The monoisotopic (exact) mass is 434 g/mol. The largest absolute Gasteiger partial charge is 0.573 e. The minimum atomic E-state index is -4.76. The van der Waals surface area contributed by atoms with Crippen LogP contribution >= 0.6 is 0 Å². The number of hydrogen-bond donors (Lipinski definition) is 0. The van der Waals surface area contributed by atoms with Gasteiger partial charge in [0.25, 0.3) is 0 Å². The fraction of sp³-hybridized carbons (Fsp3) is 0.429. The molecule has 0 atom stereocenters. The molecule has 0 spiro atoms. The highest BCUT2D eigenvalue weighted by atomic mass is 19.4. The number of rotatable bonds is 5. The molecule has 0 amide bonds. The molecule has 0 radical (unpaired) electrons. The number of aryl methyl sites for hydroxylation is 1. The van der Waals surface area contributed by atoms with Crippen molar-refractivity contribution >= 4 is 0 Å². The fourth-order valence-corrected chi connectivity index (χ4v) is 2.68. The highest BCUT2D eigenvalue weighted by Crippen LogP contribution is 2.29. The van der Waals surface area contributed by atoms with Crippen molar-refractivity contribution < 1.29 is 40.9 Å². The zero-order chi connectivity index (χ0) is 22.3. The Kier molecular flexibility index (Phi) is 8.43. The van der Waals surface area contributed by atoms with Gasteiger partial charge in [0.05, 0.1) is 19.8 Å². The lowest BCUT2D eigenvalue weighted by molar-refractivity contribution is -0.274. The molecule has 30 heavy (non-hydrogen) atoms. The molecule has 1 saturated heterocycles. The Morgan fingerprint density at radius 1 is 0.967 bits per heavy atom. The summed E-state index contributed by atoms with van der Waals surface area (Å²) in [5.74, 6) is -2.62. The van der Waals surface area contributed by atoms with Crippen LogP contribution in [0, 0.1) is 24.5 Å². The number of halogens is 5. The van der Waals surface area contributed by atoms with Crippen LogP contribution in [0.25, 0.3) is 0 Å². The van der Waals surface area contributed by atoms with Crippen molar-refractivity contribution in [1.29, 1.82) is 0 Å². The summed E-state index contributed by atoms with van der Waals surface area (Å²) in [5, 5.41) is 0. The van der Waals surface area contributed by atoms with Crippen molar-refractivity contribution in [3.05, 3.63) is 59.2 Å². The van der Waals surface area contributed by atoms with E-state index in [-0.39, 0.29) is 31.5 Å². The topological polar surface area (TPSA) is 36.9 Å². The van der Waals surface area contributed by atoms with Gasteiger partial charge >= 0.3 is 6.36 Å². The summed E-state index contributed by atoms with van der Waals surface area (Å²) in [6, 6.07) is 7.48. The highest BCUT2D eigenvalue weighted by Gasteiger charge is 2.31. The standard InChI is InChI=1S/C19H17F5O4.C2H6/c1-11-6-15(20)17(16(21)7-11)25-8-12-9-26-18(27-10-12)13-2-4-14(5-3-13)28-19(22,23)24;1-2/h2-7,12,18H,8-10H2,1H3;1-2H3. The van der Waals surface area contributed by atoms with Crippen LogP contribution in [0.4, 0.5) is 22.0 Å². The molecule has 1 aliphatic rings. The van der Waals surface area contributed by atoms with E-state index in [9.17, 15) is 22.0 Å². The van der Waals surface area contributed by atoms with E-state index in [1.807, 2.05) is 13.8 Å². The summed E-state index contributed by atoms with van der Waals surface area (Å²) in [6.07, 6.45) is -5.52. The zero-order valence-corrected chi connectivity index (χ0v) is 16.8. The van der Waals surface area contributed by atoms with Crippen LogP contribution in [0.15, 0.2) is 36.4 Å². The van der Waals surface area contributed by atoms with E-state index in [4.69, 9.17) is 14.2 Å². The molecule has 1 aliphatic heterocycles. The molecule has 3 rings (SSSR count). The number of benzene rings is 2. The number of alkyl halides is 3. The first-order valence-electron chi connectivity index (χ1n) is 9.38. The average Bonchev–Trinajstić information content (AvgIpc) is 2.69. The molecule has 166 valence electrons.